The minimum atomic E-state index is -0.491. The fraction of sp³-hybridized carbons (Fsp3) is 0.214. The van der Waals surface area contributed by atoms with Crippen molar-refractivity contribution in [3.05, 3.63) is 128 Å². The van der Waals surface area contributed by atoms with Crippen LogP contribution in [-0.4, -0.2) is 14.2 Å². The van der Waals surface area contributed by atoms with Crippen LogP contribution in [0.4, 0.5) is 0 Å². The van der Waals surface area contributed by atoms with E-state index in [0.717, 1.165) is 11.1 Å². The summed E-state index contributed by atoms with van der Waals surface area (Å²) in [5, 5.41) is 0. The normalized spacial score (nSPS) is 21.5. The van der Waals surface area contributed by atoms with E-state index in [1.807, 2.05) is 36.4 Å². The molecule has 0 bridgehead atoms. The van der Waals surface area contributed by atoms with E-state index in [1.54, 1.807) is 12.1 Å². The molecule has 1 aliphatic rings. The molecule has 4 unspecified atom stereocenters. The molecule has 4 atom stereocenters. The Hall–Kier alpha value is -4.06. The summed E-state index contributed by atoms with van der Waals surface area (Å²) in [5.74, 6) is 1.22. The Morgan fingerprint density at radius 3 is 1.29 bits per heavy atom. The van der Waals surface area contributed by atoms with Crippen LogP contribution in [0.3, 0.4) is 0 Å². The fourth-order valence-electron chi connectivity index (χ4n) is 5.15. The third kappa shape index (κ3) is 3.92. The summed E-state index contributed by atoms with van der Waals surface area (Å²) < 4.78 is 22.1. The highest BCUT2D eigenvalue weighted by Gasteiger charge is 2.55. The zero-order chi connectivity index (χ0) is 23.7. The van der Waals surface area contributed by atoms with Crippen molar-refractivity contribution in [3.63, 3.8) is 0 Å². The first-order valence-corrected chi connectivity index (χ1v) is 11.1. The Kier molecular flexibility index (Phi) is 5.80. The Labute approximate surface area is 196 Å². The van der Waals surface area contributed by atoms with Gasteiger partial charge in [0.05, 0.1) is 26.4 Å². The van der Waals surface area contributed by atoms with Crippen molar-refractivity contribution in [2.45, 2.75) is 23.7 Å². The zero-order valence-electron chi connectivity index (χ0n) is 18.8. The van der Waals surface area contributed by atoms with Crippen molar-refractivity contribution < 1.29 is 18.3 Å². The molecule has 2 heterocycles. The largest absolute Gasteiger partial charge is 0.496 e. The number of hydrogen-bond acceptors (Lipinski definition) is 6. The summed E-state index contributed by atoms with van der Waals surface area (Å²) in [4.78, 5) is 24.7. The summed E-state index contributed by atoms with van der Waals surface area (Å²) in [6, 6.07) is 26.3. The van der Waals surface area contributed by atoms with Crippen molar-refractivity contribution in [1.82, 2.24) is 0 Å². The van der Waals surface area contributed by atoms with Crippen LogP contribution in [0.1, 0.15) is 46.3 Å². The van der Waals surface area contributed by atoms with Gasteiger partial charge in [0.2, 0.25) is 0 Å². The van der Waals surface area contributed by atoms with E-state index < -0.39 is 11.3 Å². The first-order chi connectivity index (χ1) is 16.6. The van der Waals surface area contributed by atoms with Crippen molar-refractivity contribution in [1.29, 1.82) is 0 Å². The molecule has 6 heteroatoms. The van der Waals surface area contributed by atoms with Crippen molar-refractivity contribution in [2.24, 2.45) is 0 Å². The molecular weight excluding hydrogens is 432 g/mol. The van der Waals surface area contributed by atoms with Crippen LogP contribution in [0.15, 0.2) is 103 Å². The van der Waals surface area contributed by atoms with Crippen LogP contribution in [0.2, 0.25) is 0 Å². The molecule has 0 spiro atoms. The van der Waals surface area contributed by atoms with E-state index in [-0.39, 0.29) is 23.7 Å². The third-order valence-electron chi connectivity index (χ3n) is 6.57. The molecule has 1 saturated carbocycles. The highest BCUT2D eigenvalue weighted by atomic mass is 16.5. The molecule has 0 radical (unpaired) electrons. The fourth-order valence-corrected chi connectivity index (χ4v) is 5.15. The molecule has 0 aliphatic heterocycles. The summed E-state index contributed by atoms with van der Waals surface area (Å²) in [7, 11) is 3.03. The van der Waals surface area contributed by atoms with Crippen molar-refractivity contribution in [3.8, 4) is 11.5 Å². The molecule has 5 rings (SSSR count). The second kappa shape index (κ2) is 9.06. The molecule has 6 nitrogen and oxygen atoms in total. The lowest BCUT2D eigenvalue weighted by Crippen LogP contribution is -2.40. The van der Waals surface area contributed by atoms with Gasteiger partial charge in [0.25, 0.3) is 0 Å². The summed E-state index contributed by atoms with van der Waals surface area (Å²) in [6.07, 6.45) is 0. The van der Waals surface area contributed by atoms with Crippen LogP contribution in [-0.2, 0) is 0 Å². The van der Waals surface area contributed by atoms with Crippen molar-refractivity contribution >= 4 is 0 Å². The average molecular weight is 456 g/mol. The lowest BCUT2D eigenvalue weighted by molar-refractivity contribution is 0.167. The number of ether oxygens (including phenoxy) is 2. The van der Waals surface area contributed by atoms with Crippen LogP contribution in [0.25, 0.3) is 0 Å². The maximum atomic E-state index is 12.4. The van der Waals surface area contributed by atoms with Gasteiger partial charge in [-0.25, -0.2) is 9.59 Å². The van der Waals surface area contributed by atoms with E-state index in [4.69, 9.17) is 18.3 Å². The second-order valence-corrected chi connectivity index (χ2v) is 8.36. The SMILES string of the molecule is COc1cc(C2C(c3ccccc3)C(c3ccccc3)C2c2cc(OC)cc(=O)o2)oc(=O)c1. The highest BCUT2D eigenvalue weighted by Crippen LogP contribution is 2.66. The molecule has 0 N–H and O–H groups in total. The Morgan fingerprint density at radius 1 is 0.559 bits per heavy atom. The Morgan fingerprint density at radius 2 is 0.941 bits per heavy atom. The summed E-state index contributed by atoms with van der Waals surface area (Å²) in [5.41, 5.74) is 1.23. The average Bonchev–Trinajstić information content (AvgIpc) is 2.84. The highest BCUT2D eigenvalue weighted by molar-refractivity contribution is 5.45. The van der Waals surface area contributed by atoms with E-state index >= 15 is 0 Å². The van der Waals surface area contributed by atoms with Crippen LogP contribution in [0, 0.1) is 0 Å². The maximum absolute atomic E-state index is 12.4. The van der Waals surface area contributed by atoms with Gasteiger partial charge in [-0.05, 0) is 11.1 Å². The molecule has 1 aliphatic carbocycles. The predicted molar refractivity (Wildman–Crippen MR) is 127 cm³/mol. The van der Waals surface area contributed by atoms with Gasteiger partial charge in [-0.15, -0.1) is 0 Å². The van der Waals surface area contributed by atoms with Gasteiger partial charge in [0.15, 0.2) is 0 Å². The molecule has 0 saturated heterocycles. The molecule has 2 aromatic heterocycles. The monoisotopic (exact) mass is 456 g/mol. The minimum absolute atomic E-state index is 0.0274. The minimum Gasteiger partial charge on any atom is -0.496 e. The first kappa shape index (κ1) is 21.8. The predicted octanol–water partition coefficient (Wildman–Crippen LogP) is 5.06. The molecule has 34 heavy (non-hydrogen) atoms. The van der Waals surface area contributed by atoms with E-state index in [1.165, 1.54) is 26.4 Å². The van der Waals surface area contributed by atoms with E-state index in [0.29, 0.717) is 23.0 Å². The zero-order valence-corrected chi connectivity index (χ0v) is 18.8. The van der Waals surface area contributed by atoms with Gasteiger partial charge in [-0.1, -0.05) is 60.7 Å². The molecule has 2 aromatic carbocycles. The number of rotatable bonds is 6. The number of methoxy groups -OCH3 is 2. The molecule has 4 aromatic rings. The Bertz CT molecular complexity index is 1280. The van der Waals surface area contributed by atoms with Gasteiger partial charge in [0, 0.05) is 35.8 Å². The summed E-state index contributed by atoms with van der Waals surface area (Å²) in [6.45, 7) is 0. The molecule has 172 valence electrons. The molecule has 1 fully saturated rings. The Balaban J connectivity index is 1.74. The smallest absolute Gasteiger partial charge is 0.339 e. The standard InChI is InChI=1S/C28H24O6/c1-31-19-13-21(33-23(29)15-19)27-25(17-9-5-3-6-10-17)26(18-11-7-4-8-12-18)28(27)22-14-20(32-2)16-24(30)34-22/h3-16,25-28H,1-2H3. The topological polar surface area (TPSA) is 78.9 Å². The molecule has 0 amide bonds. The maximum Gasteiger partial charge on any atom is 0.339 e. The number of hydrogen-bond donors (Lipinski definition) is 0. The lowest BCUT2D eigenvalue weighted by atomic mass is 9.51. The van der Waals surface area contributed by atoms with Gasteiger partial charge in [-0.3, -0.25) is 0 Å². The number of benzene rings is 2. The van der Waals surface area contributed by atoms with Crippen molar-refractivity contribution in [2.75, 3.05) is 14.2 Å². The molecular formula is C28H24O6. The van der Waals surface area contributed by atoms with Gasteiger partial charge < -0.3 is 18.3 Å². The van der Waals surface area contributed by atoms with Crippen LogP contribution < -0.4 is 20.7 Å². The van der Waals surface area contributed by atoms with E-state index in [2.05, 4.69) is 24.3 Å². The third-order valence-corrected chi connectivity index (χ3v) is 6.57. The van der Waals surface area contributed by atoms with Gasteiger partial charge in [0.1, 0.15) is 23.0 Å². The first-order valence-electron chi connectivity index (χ1n) is 11.1. The van der Waals surface area contributed by atoms with E-state index in [9.17, 15) is 9.59 Å². The van der Waals surface area contributed by atoms with Gasteiger partial charge >= 0.3 is 11.3 Å². The second-order valence-electron chi connectivity index (χ2n) is 8.36. The summed E-state index contributed by atoms with van der Waals surface area (Å²) >= 11 is 0. The van der Waals surface area contributed by atoms with Crippen LogP contribution in [0.5, 0.6) is 11.5 Å². The lowest BCUT2D eigenvalue weighted by Gasteiger charge is -2.51. The van der Waals surface area contributed by atoms with Crippen LogP contribution >= 0.6 is 0 Å². The van der Waals surface area contributed by atoms with Gasteiger partial charge in [-0.2, -0.15) is 0 Å². The quantitative estimate of drug-likeness (QED) is 0.404.